The number of nitrogens with zero attached hydrogens (tertiary/aromatic N) is 1. The number of hydrogen-bond donors (Lipinski definition) is 1. The maximum Gasteiger partial charge on any atom is 0.309 e. The van der Waals surface area contributed by atoms with Gasteiger partial charge in [0.05, 0.1) is 25.8 Å². The van der Waals surface area contributed by atoms with Crippen LogP contribution in [-0.2, 0) is 16.1 Å². The van der Waals surface area contributed by atoms with Gasteiger partial charge < -0.3 is 9.84 Å². The summed E-state index contributed by atoms with van der Waals surface area (Å²) in [5.74, 6) is -0.274. The van der Waals surface area contributed by atoms with Crippen LogP contribution in [0.3, 0.4) is 0 Å². The predicted octanol–water partition coefficient (Wildman–Crippen LogP) is 1.46. The summed E-state index contributed by atoms with van der Waals surface area (Å²) >= 11 is 0. The average molecular weight is 221 g/mol. The quantitative estimate of drug-likeness (QED) is 0.782. The zero-order valence-corrected chi connectivity index (χ0v) is 9.43. The number of carbonyl (C=O) groups is 1. The SMILES string of the molecule is COC(=O)C/C=C/c1cc(C)nc(CO)c1. The fraction of sp³-hybridized carbons (Fsp3) is 0.333. The van der Waals surface area contributed by atoms with Crippen molar-refractivity contribution in [1.29, 1.82) is 0 Å². The second kappa shape index (κ2) is 6.02. The van der Waals surface area contributed by atoms with Crippen LogP contribution in [0.15, 0.2) is 18.2 Å². The van der Waals surface area contributed by atoms with Gasteiger partial charge in [0.25, 0.3) is 0 Å². The van der Waals surface area contributed by atoms with E-state index in [-0.39, 0.29) is 19.0 Å². The Kier molecular flexibility index (Phi) is 4.66. The third-order valence-corrected chi connectivity index (χ3v) is 2.01. The number of hydrogen-bond acceptors (Lipinski definition) is 4. The molecule has 1 aromatic rings. The monoisotopic (exact) mass is 221 g/mol. The van der Waals surface area contributed by atoms with Crippen molar-refractivity contribution in [3.63, 3.8) is 0 Å². The summed E-state index contributed by atoms with van der Waals surface area (Å²) in [6, 6.07) is 3.66. The van der Waals surface area contributed by atoms with Gasteiger partial charge in [0.1, 0.15) is 0 Å². The highest BCUT2D eigenvalue weighted by atomic mass is 16.5. The Morgan fingerprint density at radius 1 is 1.56 bits per heavy atom. The largest absolute Gasteiger partial charge is 0.469 e. The number of aliphatic hydroxyl groups is 1. The third kappa shape index (κ3) is 3.82. The van der Waals surface area contributed by atoms with Gasteiger partial charge in [-0.15, -0.1) is 0 Å². The Balaban J connectivity index is 2.73. The lowest BCUT2D eigenvalue weighted by molar-refractivity contribution is -0.139. The lowest BCUT2D eigenvalue weighted by atomic mass is 10.1. The molecule has 0 fully saturated rings. The molecule has 1 N–H and O–H groups in total. The normalized spacial score (nSPS) is 10.7. The second-order valence-corrected chi connectivity index (χ2v) is 3.37. The van der Waals surface area contributed by atoms with Crippen LogP contribution in [0.5, 0.6) is 0 Å². The lowest BCUT2D eigenvalue weighted by Crippen LogP contribution is -1.97. The fourth-order valence-electron chi connectivity index (χ4n) is 1.32. The minimum absolute atomic E-state index is 0.0838. The molecule has 1 heterocycles. The van der Waals surface area contributed by atoms with E-state index in [1.165, 1.54) is 7.11 Å². The van der Waals surface area contributed by atoms with Gasteiger partial charge in [-0.25, -0.2) is 0 Å². The van der Waals surface area contributed by atoms with Gasteiger partial charge >= 0.3 is 5.97 Å². The highest BCUT2D eigenvalue weighted by Crippen LogP contribution is 2.08. The lowest BCUT2D eigenvalue weighted by Gasteiger charge is -2.00. The van der Waals surface area contributed by atoms with Crippen molar-refractivity contribution in [2.45, 2.75) is 20.0 Å². The average Bonchev–Trinajstić information content (AvgIpc) is 2.28. The zero-order valence-electron chi connectivity index (χ0n) is 9.43. The Hall–Kier alpha value is -1.68. The molecule has 0 unspecified atom stereocenters. The summed E-state index contributed by atoms with van der Waals surface area (Å²) in [6.45, 7) is 1.77. The van der Waals surface area contributed by atoms with E-state index >= 15 is 0 Å². The topological polar surface area (TPSA) is 59.4 Å². The van der Waals surface area contributed by atoms with Gasteiger partial charge in [0, 0.05) is 5.69 Å². The summed E-state index contributed by atoms with van der Waals surface area (Å²) in [4.78, 5) is 15.0. The molecule has 4 nitrogen and oxygen atoms in total. The number of rotatable bonds is 4. The number of carbonyl (C=O) groups excluding carboxylic acids is 1. The molecule has 0 saturated carbocycles. The van der Waals surface area contributed by atoms with Crippen LogP contribution in [0.4, 0.5) is 0 Å². The molecule has 1 rings (SSSR count). The molecule has 4 heteroatoms. The number of pyridine rings is 1. The predicted molar refractivity (Wildman–Crippen MR) is 60.6 cm³/mol. The van der Waals surface area contributed by atoms with E-state index in [1.54, 1.807) is 12.1 Å². The van der Waals surface area contributed by atoms with Crippen LogP contribution >= 0.6 is 0 Å². The van der Waals surface area contributed by atoms with Crippen LogP contribution in [0.25, 0.3) is 6.08 Å². The van der Waals surface area contributed by atoms with Crippen molar-refractivity contribution in [2.75, 3.05) is 7.11 Å². The highest BCUT2D eigenvalue weighted by molar-refractivity contribution is 5.72. The Morgan fingerprint density at radius 3 is 2.94 bits per heavy atom. The smallest absolute Gasteiger partial charge is 0.309 e. The van der Waals surface area contributed by atoms with Gasteiger partial charge in [-0.1, -0.05) is 12.2 Å². The molecule has 0 spiro atoms. The standard InChI is InChI=1S/C12H15NO3/c1-9-6-10(7-11(8-14)13-9)4-3-5-12(15)16-2/h3-4,6-7,14H,5,8H2,1-2H3/b4-3+. The Morgan fingerprint density at radius 2 is 2.31 bits per heavy atom. The summed E-state index contributed by atoms with van der Waals surface area (Å²) in [5, 5.41) is 8.98. The third-order valence-electron chi connectivity index (χ3n) is 2.01. The van der Waals surface area contributed by atoms with Gasteiger partial charge in [-0.05, 0) is 24.6 Å². The van der Waals surface area contributed by atoms with Crippen LogP contribution in [0.2, 0.25) is 0 Å². The summed E-state index contributed by atoms with van der Waals surface area (Å²) in [6.07, 6.45) is 3.78. The van der Waals surface area contributed by atoms with Crippen LogP contribution < -0.4 is 0 Å². The van der Waals surface area contributed by atoms with Gasteiger partial charge in [0.15, 0.2) is 0 Å². The number of esters is 1. The van der Waals surface area contributed by atoms with Crippen molar-refractivity contribution in [1.82, 2.24) is 4.98 Å². The molecular weight excluding hydrogens is 206 g/mol. The first-order valence-corrected chi connectivity index (χ1v) is 4.97. The molecule has 0 atom stereocenters. The van der Waals surface area contributed by atoms with E-state index in [1.807, 2.05) is 19.1 Å². The second-order valence-electron chi connectivity index (χ2n) is 3.37. The van der Waals surface area contributed by atoms with Crippen molar-refractivity contribution < 1.29 is 14.6 Å². The summed E-state index contributed by atoms with van der Waals surface area (Å²) in [7, 11) is 1.36. The summed E-state index contributed by atoms with van der Waals surface area (Å²) in [5.41, 5.74) is 2.38. The minimum Gasteiger partial charge on any atom is -0.469 e. The first kappa shape index (κ1) is 12.4. The molecule has 0 aliphatic carbocycles. The molecule has 0 aromatic carbocycles. The Bertz CT molecular complexity index is 399. The van der Waals surface area contributed by atoms with Gasteiger partial charge in [0.2, 0.25) is 0 Å². The van der Waals surface area contributed by atoms with Gasteiger partial charge in [-0.2, -0.15) is 0 Å². The Labute approximate surface area is 94.6 Å². The molecular formula is C12H15NO3. The number of methoxy groups -OCH3 is 1. The minimum atomic E-state index is -0.274. The molecule has 0 saturated heterocycles. The van der Waals surface area contributed by atoms with Crippen molar-refractivity contribution in [3.8, 4) is 0 Å². The molecule has 0 amide bonds. The number of aromatic nitrogens is 1. The van der Waals surface area contributed by atoms with Crippen molar-refractivity contribution >= 4 is 12.0 Å². The van der Waals surface area contributed by atoms with Crippen molar-refractivity contribution in [3.05, 3.63) is 35.2 Å². The van der Waals surface area contributed by atoms with Crippen molar-refractivity contribution in [2.24, 2.45) is 0 Å². The summed E-state index contributed by atoms with van der Waals surface area (Å²) < 4.78 is 4.51. The first-order chi connectivity index (χ1) is 7.65. The molecule has 1 aromatic heterocycles. The van der Waals surface area contributed by atoms with Crippen LogP contribution in [0.1, 0.15) is 23.4 Å². The number of aryl methyl sites for hydroxylation is 1. The highest BCUT2D eigenvalue weighted by Gasteiger charge is 1.98. The maximum atomic E-state index is 10.9. The zero-order chi connectivity index (χ0) is 12.0. The van der Waals surface area contributed by atoms with E-state index in [9.17, 15) is 4.79 Å². The molecule has 0 radical (unpaired) electrons. The molecule has 0 bridgehead atoms. The molecule has 0 aliphatic heterocycles. The van der Waals surface area contributed by atoms with E-state index in [0.717, 1.165) is 11.3 Å². The maximum absolute atomic E-state index is 10.9. The number of ether oxygens (including phenoxy) is 1. The van der Waals surface area contributed by atoms with E-state index in [4.69, 9.17) is 5.11 Å². The van der Waals surface area contributed by atoms with Gasteiger partial charge in [-0.3, -0.25) is 9.78 Å². The van der Waals surface area contributed by atoms with E-state index in [0.29, 0.717) is 5.69 Å². The molecule has 0 aliphatic rings. The van der Waals surface area contributed by atoms with E-state index in [2.05, 4.69) is 9.72 Å². The number of aliphatic hydroxyl groups excluding tert-OH is 1. The molecule has 86 valence electrons. The van der Waals surface area contributed by atoms with Crippen LogP contribution in [0, 0.1) is 6.92 Å². The fourth-order valence-corrected chi connectivity index (χ4v) is 1.32. The molecule has 16 heavy (non-hydrogen) atoms. The van der Waals surface area contributed by atoms with E-state index < -0.39 is 0 Å². The van der Waals surface area contributed by atoms with Crippen LogP contribution in [-0.4, -0.2) is 23.2 Å². The first-order valence-electron chi connectivity index (χ1n) is 4.97.